The van der Waals surface area contributed by atoms with Gasteiger partial charge in [0.1, 0.15) is 0 Å². The van der Waals surface area contributed by atoms with Crippen molar-refractivity contribution in [3.05, 3.63) is 122 Å². The highest BCUT2D eigenvalue weighted by Gasteiger charge is 2.40. The van der Waals surface area contributed by atoms with E-state index in [0.29, 0.717) is 70.3 Å². The second kappa shape index (κ2) is 34.1. The second-order valence-electron chi connectivity index (χ2n) is 28.0. The summed E-state index contributed by atoms with van der Waals surface area (Å²) < 4.78 is 81.2. The van der Waals surface area contributed by atoms with Gasteiger partial charge in [-0.2, -0.15) is 38.2 Å². The number of fused-ring (bicyclic) bond motifs is 5. The number of piperidine rings is 4. The molecule has 0 aliphatic carbocycles. The maximum atomic E-state index is 12.2. The zero-order chi connectivity index (χ0) is 76.0. The lowest BCUT2D eigenvalue weighted by Crippen LogP contribution is -2.62. The lowest BCUT2D eigenvalue weighted by atomic mass is 9.88. The van der Waals surface area contributed by atoms with E-state index in [0.717, 1.165) is 167 Å². The molecular weight excluding hydrogens is 1530 g/mol. The van der Waals surface area contributed by atoms with Crippen molar-refractivity contribution in [2.24, 2.45) is 22.7 Å². The number of hydrogen-bond acceptors (Lipinski definition) is 18. The van der Waals surface area contributed by atoms with Crippen LogP contribution in [0, 0.1) is 11.8 Å². The Hall–Kier alpha value is -7.31. The zero-order valence-corrected chi connectivity index (χ0v) is 65.9. The SMILES string of the molecule is CC1(C)CN(c2cc(Cl)cc3[nH]ncc23)CCN1S(N)(=O)=O.CN(C)C(=O)C1CCN(c2cc(Cl)cc3[nH]ncc23)CC1.COCCS(=O)(=O)N1CCC(c2cc(Cl)cc3[nH]ncc23)CC1.CS(=O)(=O)NC1CCCN(c2cc(Cl)cc3[nH]ncc23)C1.NC(=O)C1CCN(c2cc(Cl)cc3[nH]ncc23)CC1. The highest BCUT2D eigenvalue weighted by molar-refractivity contribution is 7.89. The molecule has 1 unspecified atom stereocenters. The van der Waals surface area contributed by atoms with Gasteiger partial charge in [0.15, 0.2) is 0 Å². The number of aromatic nitrogens is 10. The minimum Gasteiger partial charge on any atom is -0.384 e. The van der Waals surface area contributed by atoms with Crippen LogP contribution in [0.3, 0.4) is 0 Å². The Balaban J connectivity index is 0.000000132. The predicted molar refractivity (Wildman–Crippen MR) is 422 cm³/mol. The minimum atomic E-state index is -3.72. The fourth-order valence-electron chi connectivity index (χ4n) is 14.7. The van der Waals surface area contributed by atoms with Crippen LogP contribution in [0.2, 0.25) is 25.1 Å². The second-order valence-corrected chi connectivity index (χ2v) is 35.5. The highest BCUT2D eigenvalue weighted by Crippen LogP contribution is 2.39. The maximum absolute atomic E-state index is 12.2. The van der Waals surface area contributed by atoms with Gasteiger partial charge in [-0.1, -0.05) is 58.0 Å². The number of H-pyrrole nitrogens is 5. The Morgan fingerprint density at radius 1 is 0.547 bits per heavy atom. The number of nitrogens with one attached hydrogen (secondary N) is 6. The summed E-state index contributed by atoms with van der Waals surface area (Å²) in [7, 11) is -4.98. The molecule has 10 aromatic rings. The van der Waals surface area contributed by atoms with Gasteiger partial charge >= 0.3 is 0 Å². The topological polar surface area (TPSA) is 376 Å². The van der Waals surface area contributed by atoms with Gasteiger partial charge in [-0.3, -0.25) is 35.1 Å². The van der Waals surface area contributed by atoms with Crippen LogP contribution in [-0.2, 0) is 44.6 Å². The molecule has 5 aliphatic heterocycles. The molecule has 0 bridgehead atoms. The van der Waals surface area contributed by atoms with Crippen molar-refractivity contribution >= 4 is 177 Å². The number of amides is 2. The number of methoxy groups -OCH3 is 1. The largest absolute Gasteiger partial charge is 0.384 e. The van der Waals surface area contributed by atoms with Gasteiger partial charge in [-0.25, -0.2) is 31.0 Å². The summed E-state index contributed by atoms with van der Waals surface area (Å²) in [4.78, 5) is 33.7. The average Bonchev–Trinajstić information content (AvgIpc) is 1.27. The number of ether oxygens (including phenoxy) is 1. The number of halogens is 5. The van der Waals surface area contributed by atoms with Gasteiger partial charge in [-0.05, 0) is 137 Å². The molecule has 5 fully saturated rings. The molecular formula is C69H89Cl5N20O9S3. The summed E-state index contributed by atoms with van der Waals surface area (Å²) in [5.41, 5.74) is 14.5. The van der Waals surface area contributed by atoms with Crippen LogP contribution in [0.5, 0.6) is 0 Å². The summed E-state index contributed by atoms with van der Waals surface area (Å²) >= 11 is 30.8. The summed E-state index contributed by atoms with van der Waals surface area (Å²) in [5.74, 6) is 0.499. The molecule has 2 amide bonds. The number of benzene rings is 5. The van der Waals surface area contributed by atoms with Crippen LogP contribution >= 0.6 is 58.0 Å². The Labute approximate surface area is 640 Å². The first-order valence-corrected chi connectivity index (χ1v) is 41.6. The van der Waals surface area contributed by atoms with E-state index in [1.807, 2.05) is 101 Å². The Morgan fingerprint density at radius 2 is 0.953 bits per heavy atom. The lowest BCUT2D eigenvalue weighted by molar-refractivity contribution is -0.133. The van der Waals surface area contributed by atoms with E-state index in [1.54, 1.807) is 27.8 Å². The number of carbonyl (C=O) groups excluding carboxylic acids is 2. The number of nitrogens with two attached hydrogens (primary N) is 2. The van der Waals surface area contributed by atoms with Crippen LogP contribution in [-0.4, -0.2) is 225 Å². The molecule has 572 valence electrons. The fraction of sp³-hybridized carbons (Fsp3) is 0.464. The normalized spacial score (nSPS) is 18.2. The van der Waals surface area contributed by atoms with Crippen LogP contribution in [0.15, 0.2) is 91.6 Å². The molecule has 10 heterocycles. The highest BCUT2D eigenvalue weighted by atomic mass is 35.5. The number of hydrogen-bond donors (Lipinski definition) is 8. The van der Waals surface area contributed by atoms with Crippen LogP contribution in [0.1, 0.15) is 76.7 Å². The Morgan fingerprint density at radius 3 is 1.36 bits per heavy atom. The van der Waals surface area contributed by atoms with Crippen LogP contribution in [0.4, 0.5) is 22.7 Å². The van der Waals surface area contributed by atoms with Gasteiger partial charge in [0, 0.05) is 191 Å². The molecule has 0 saturated carbocycles. The molecule has 5 aromatic heterocycles. The maximum Gasteiger partial charge on any atom is 0.277 e. The first kappa shape index (κ1) is 79.7. The molecule has 0 spiro atoms. The third kappa shape index (κ3) is 19.6. The Bertz CT molecular complexity index is 5090. The van der Waals surface area contributed by atoms with Gasteiger partial charge in [-0.15, -0.1) is 0 Å². The monoisotopic (exact) mass is 1610 g/mol. The van der Waals surface area contributed by atoms with Crippen molar-refractivity contribution in [3.63, 3.8) is 0 Å². The minimum absolute atomic E-state index is 0.00438. The number of carbonyl (C=O) groups is 2. The van der Waals surface area contributed by atoms with Crippen molar-refractivity contribution in [3.8, 4) is 0 Å². The molecule has 5 saturated heterocycles. The summed E-state index contributed by atoms with van der Waals surface area (Å²) in [6.07, 6.45) is 16.8. The molecule has 1 atom stereocenters. The first-order valence-electron chi connectivity index (χ1n) is 34.7. The molecule has 106 heavy (non-hydrogen) atoms. The van der Waals surface area contributed by atoms with Gasteiger partial charge in [0.2, 0.25) is 31.9 Å². The van der Waals surface area contributed by atoms with Crippen molar-refractivity contribution in [2.45, 2.75) is 82.7 Å². The molecule has 15 rings (SSSR count). The number of primary amides is 1. The summed E-state index contributed by atoms with van der Waals surface area (Å²) in [5, 5.41) is 48.8. The van der Waals surface area contributed by atoms with Crippen molar-refractivity contribution in [1.82, 2.24) is 69.2 Å². The number of aromatic amines is 5. The van der Waals surface area contributed by atoms with E-state index in [1.165, 1.54) is 17.7 Å². The van der Waals surface area contributed by atoms with E-state index < -0.39 is 35.8 Å². The standard InChI is InChI=1S/C15H19ClN4O.C15H20ClN3O3S.C13H18ClN5O2S.C13H17ClN4O2S.C13H15ClN4O/c1-19(2)15(21)10-3-5-20(6-4-10)14-8-11(16)7-13-12(14)9-17-18-13;1-22-6-7-23(20,21)19-4-2-11(3-5-19)13-8-12(16)9-15-14(13)10-17-18-15;1-13(2)8-18(3-4-19(13)22(15,20)21)12-6-9(14)5-11-10(12)7-16-17-11;1-21(19,20)17-10-3-2-4-18(8-10)13-6-9(14)5-12-11(13)7-15-16-12;14-9-5-11-10(7-16-17-11)12(6-9)18-3-1-8(2-4-18)13(15)19/h7-10H,3-6H2,1-2H3,(H,17,18);8-11H,2-7H2,1H3,(H,17,18);5-7H,3-4,8H2,1-2H3,(H,16,17)(H2,15,20,21);5-7,10,17H,2-4,8H2,1H3,(H,15,16);5-8H,1-4H2,(H2,15,19)(H,16,17). The molecule has 0 radical (unpaired) electrons. The number of anilines is 4. The van der Waals surface area contributed by atoms with E-state index in [4.69, 9.17) is 73.6 Å². The molecule has 37 heteroatoms. The quantitative estimate of drug-likeness (QED) is 0.0502. The third-order valence-electron chi connectivity index (χ3n) is 19.9. The first-order chi connectivity index (χ1) is 50.3. The van der Waals surface area contributed by atoms with Gasteiger partial charge < -0.3 is 35.0 Å². The van der Waals surface area contributed by atoms with Crippen LogP contribution in [0.25, 0.3) is 54.5 Å². The molecule has 10 N–H and O–H groups in total. The van der Waals surface area contributed by atoms with Crippen molar-refractivity contribution in [1.29, 1.82) is 0 Å². The van der Waals surface area contributed by atoms with E-state index in [-0.39, 0.29) is 42.1 Å². The van der Waals surface area contributed by atoms with Gasteiger partial charge in [0.05, 0.1) is 77.2 Å². The molecule has 5 aliphatic rings. The van der Waals surface area contributed by atoms with Crippen molar-refractivity contribution in [2.75, 3.05) is 131 Å². The van der Waals surface area contributed by atoms with Gasteiger partial charge in [0.25, 0.3) is 10.2 Å². The molecule has 5 aromatic carbocycles. The predicted octanol–water partition coefficient (Wildman–Crippen LogP) is 9.87. The fourth-order valence-corrected chi connectivity index (χ4v) is 19.1. The number of rotatable bonds is 14. The summed E-state index contributed by atoms with van der Waals surface area (Å²) in [6.45, 7) is 11.3. The van der Waals surface area contributed by atoms with Crippen molar-refractivity contribution < 1.29 is 39.6 Å². The van der Waals surface area contributed by atoms with E-state index >= 15 is 0 Å². The average molecular weight is 1620 g/mol. The Kier molecular flexibility index (Phi) is 25.6. The van der Waals surface area contributed by atoms with E-state index in [9.17, 15) is 34.8 Å². The number of nitrogens with zero attached hydrogens (tertiary/aromatic N) is 12. The third-order valence-corrected chi connectivity index (χ3v) is 24.9. The molecule has 29 nitrogen and oxygen atoms in total. The summed E-state index contributed by atoms with van der Waals surface area (Å²) in [6, 6.07) is 18.9. The smallest absolute Gasteiger partial charge is 0.277 e. The number of piperazine rings is 1. The lowest BCUT2D eigenvalue weighted by Gasteiger charge is -2.46. The number of sulfonamides is 2. The van der Waals surface area contributed by atoms with Crippen LogP contribution < -0.4 is 35.2 Å². The van der Waals surface area contributed by atoms with E-state index in [2.05, 4.69) is 75.3 Å². The zero-order valence-electron chi connectivity index (χ0n) is 59.6.